The second-order valence-corrected chi connectivity index (χ2v) is 4.83. The predicted molar refractivity (Wildman–Crippen MR) is 70.3 cm³/mol. The summed E-state index contributed by atoms with van der Waals surface area (Å²) in [6, 6.07) is 1.86. The number of hydrogen-bond acceptors (Lipinski definition) is 6. The molecule has 0 unspecified atom stereocenters. The van der Waals surface area contributed by atoms with Gasteiger partial charge in [0.2, 0.25) is 0 Å². The first kappa shape index (κ1) is 11.7. The van der Waals surface area contributed by atoms with Crippen LogP contribution in [0.4, 0.5) is 5.69 Å². The second-order valence-electron chi connectivity index (χ2n) is 4.07. The Morgan fingerprint density at radius 2 is 2.26 bits per heavy atom. The summed E-state index contributed by atoms with van der Waals surface area (Å²) in [5, 5.41) is 10.8. The van der Waals surface area contributed by atoms with E-state index < -0.39 is 0 Å². The second kappa shape index (κ2) is 4.39. The predicted octanol–water partition coefficient (Wildman–Crippen LogP) is 1.45. The molecule has 0 atom stereocenters. The van der Waals surface area contributed by atoms with Crippen molar-refractivity contribution >= 4 is 28.8 Å². The molecule has 0 saturated carbocycles. The van der Waals surface area contributed by atoms with Crippen molar-refractivity contribution in [3.8, 4) is 0 Å². The molecule has 0 aliphatic rings. The van der Waals surface area contributed by atoms with Crippen molar-refractivity contribution in [3.63, 3.8) is 0 Å². The largest absolute Gasteiger partial charge is 0.319 e. The van der Waals surface area contributed by atoms with E-state index in [4.69, 9.17) is 0 Å². The van der Waals surface area contributed by atoms with Gasteiger partial charge in [0.15, 0.2) is 5.65 Å². The molecule has 1 amide bonds. The quantitative estimate of drug-likeness (QED) is 0.764. The van der Waals surface area contributed by atoms with Crippen LogP contribution in [0.1, 0.15) is 21.1 Å². The van der Waals surface area contributed by atoms with Crippen LogP contribution in [-0.4, -0.2) is 30.1 Å². The number of anilines is 1. The molecule has 7 nitrogen and oxygen atoms in total. The van der Waals surface area contributed by atoms with Gasteiger partial charge >= 0.3 is 0 Å². The summed E-state index contributed by atoms with van der Waals surface area (Å²) in [7, 11) is 0. The van der Waals surface area contributed by atoms with Crippen LogP contribution >= 0.6 is 11.5 Å². The minimum atomic E-state index is -0.238. The van der Waals surface area contributed by atoms with Gasteiger partial charge in [-0.15, -0.1) is 5.10 Å². The van der Waals surface area contributed by atoms with E-state index in [1.807, 2.05) is 13.0 Å². The summed E-state index contributed by atoms with van der Waals surface area (Å²) in [5.41, 5.74) is 2.81. The molecule has 3 aromatic rings. The monoisotopic (exact) mass is 274 g/mol. The molecule has 3 aromatic heterocycles. The lowest BCUT2D eigenvalue weighted by atomic mass is 10.3. The van der Waals surface area contributed by atoms with Gasteiger partial charge in [0.05, 0.1) is 29.5 Å². The number of hydrogen-bond donors (Lipinski definition) is 1. The number of carbonyl (C=O) groups is 1. The third kappa shape index (κ3) is 2.17. The maximum absolute atomic E-state index is 12.0. The summed E-state index contributed by atoms with van der Waals surface area (Å²) < 4.78 is 5.36. The molecule has 0 bridgehead atoms. The van der Waals surface area contributed by atoms with Crippen molar-refractivity contribution in [2.75, 3.05) is 5.32 Å². The molecule has 8 heteroatoms. The smallest absolute Gasteiger partial charge is 0.269 e. The number of aryl methyl sites for hydroxylation is 2. The molecule has 96 valence electrons. The van der Waals surface area contributed by atoms with Gasteiger partial charge in [-0.25, -0.2) is 9.50 Å². The van der Waals surface area contributed by atoms with Crippen molar-refractivity contribution in [1.29, 1.82) is 0 Å². The molecule has 3 heterocycles. The number of amides is 1. The summed E-state index contributed by atoms with van der Waals surface area (Å²) in [5.74, 6) is -0.238. The highest BCUT2D eigenvalue weighted by molar-refractivity contribution is 7.08. The maximum Gasteiger partial charge on any atom is 0.269 e. The zero-order valence-corrected chi connectivity index (χ0v) is 11.1. The minimum absolute atomic E-state index is 0.238. The molecule has 0 saturated heterocycles. The van der Waals surface area contributed by atoms with E-state index in [1.165, 1.54) is 0 Å². The van der Waals surface area contributed by atoms with Crippen molar-refractivity contribution in [3.05, 3.63) is 34.7 Å². The lowest BCUT2D eigenvalue weighted by Gasteiger charge is -2.03. The molecule has 0 radical (unpaired) electrons. The standard InChI is InChI=1S/C11H10N6OS/c1-6-3-9-12-4-8(5-17(9)15-6)13-11(18)10-7(2)14-16-19-10/h3-5H,1-2H3,(H,13,18). The minimum Gasteiger partial charge on any atom is -0.319 e. The van der Waals surface area contributed by atoms with Gasteiger partial charge in [-0.1, -0.05) is 4.49 Å². The fraction of sp³-hybridized carbons (Fsp3) is 0.182. The highest BCUT2D eigenvalue weighted by atomic mass is 32.1. The third-order valence-corrected chi connectivity index (χ3v) is 3.38. The Labute approximate surface area is 112 Å². The van der Waals surface area contributed by atoms with E-state index >= 15 is 0 Å². The van der Waals surface area contributed by atoms with Gasteiger partial charge in [0.1, 0.15) is 4.88 Å². The summed E-state index contributed by atoms with van der Waals surface area (Å²) in [6.07, 6.45) is 3.31. The fourth-order valence-electron chi connectivity index (χ4n) is 1.69. The van der Waals surface area contributed by atoms with E-state index in [0.717, 1.165) is 22.9 Å². The van der Waals surface area contributed by atoms with Crippen LogP contribution in [0.5, 0.6) is 0 Å². The van der Waals surface area contributed by atoms with E-state index in [-0.39, 0.29) is 5.91 Å². The molecule has 19 heavy (non-hydrogen) atoms. The van der Waals surface area contributed by atoms with Crippen LogP contribution in [0, 0.1) is 13.8 Å². The lowest BCUT2D eigenvalue weighted by Crippen LogP contribution is -2.12. The number of rotatable bonds is 2. The Balaban J connectivity index is 1.89. The molecule has 0 aliphatic heterocycles. The highest BCUT2D eigenvalue weighted by Crippen LogP contribution is 2.14. The molecule has 0 aliphatic carbocycles. The van der Waals surface area contributed by atoms with E-state index in [0.29, 0.717) is 16.3 Å². The van der Waals surface area contributed by atoms with Gasteiger partial charge in [0.25, 0.3) is 5.91 Å². The Kier molecular flexibility index (Phi) is 2.71. The van der Waals surface area contributed by atoms with Gasteiger partial charge in [0, 0.05) is 6.07 Å². The number of carbonyl (C=O) groups excluding carboxylic acids is 1. The number of fused-ring (bicyclic) bond motifs is 1. The third-order valence-electron chi connectivity index (χ3n) is 2.55. The zero-order chi connectivity index (χ0) is 13.4. The SMILES string of the molecule is Cc1cc2ncc(NC(=O)c3snnc3C)cn2n1. The number of nitrogens with one attached hydrogen (secondary N) is 1. The first-order valence-corrected chi connectivity index (χ1v) is 6.33. The van der Waals surface area contributed by atoms with Crippen LogP contribution in [-0.2, 0) is 0 Å². The maximum atomic E-state index is 12.0. The van der Waals surface area contributed by atoms with Crippen molar-refractivity contribution in [2.45, 2.75) is 13.8 Å². The number of nitrogens with zero attached hydrogens (tertiary/aromatic N) is 5. The summed E-state index contributed by atoms with van der Waals surface area (Å²) in [4.78, 5) is 16.7. The fourth-order valence-corrected chi connectivity index (χ4v) is 2.24. The van der Waals surface area contributed by atoms with Gasteiger partial charge in [-0.05, 0) is 25.4 Å². The molecule has 0 aromatic carbocycles. The van der Waals surface area contributed by atoms with Gasteiger partial charge < -0.3 is 5.32 Å². The van der Waals surface area contributed by atoms with Crippen LogP contribution < -0.4 is 5.32 Å². The van der Waals surface area contributed by atoms with Gasteiger partial charge in [-0.2, -0.15) is 5.10 Å². The number of aromatic nitrogens is 5. The first-order valence-electron chi connectivity index (χ1n) is 5.56. The topological polar surface area (TPSA) is 85.1 Å². The average Bonchev–Trinajstić information content (AvgIpc) is 2.93. The Hall–Kier alpha value is -2.35. The van der Waals surface area contributed by atoms with Crippen LogP contribution in [0.3, 0.4) is 0 Å². The van der Waals surface area contributed by atoms with Crippen LogP contribution in [0.15, 0.2) is 18.5 Å². The van der Waals surface area contributed by atoms with Crippen molar-refractivity contribution < 1.29 is 4.79 Å². The van der Waals surface area contributed by atoms with Crippen molar-refractivity contribution in [2.24, 2.45) is 0 Å². The van der Waals surface area contributed by atoms with E-state index in [9.17, 15) is 4.79 Å². The lowest BCUT2D eigenvalue weighted by molar-refractivity contribution is 0.102. The zero-order valence-electron chi connectivity index (χ0n) is 10.3. The average molecular weight is 274 g/mol. The van der Waals surface area contributed by atoms with Gasteiger partial charge in [-0.3, -0.25) is 4.79 Å². The molecule has 3 rings (SSSR count). The normalized spacial score (nSPS) is 10.8. The first-order chi connectivity index (χ1) is 9.13. The molecular weight excluding hydrogens is 264 g/mol. The molecule has 0 spiro atoms. The molecule has 0 fully saturated rings. The van der Waals surface area contributed by atoms with Crippen LogP contribution in [0.25, 0.3) is 5.65 Å². The highest BCUT2D eigenvalue weighted by Gasteiger charge is 2.13. The van der Waals surface area contributed by atoms with E-state index in [1.54, 1.807) is 23.8 Å². The Morgan fingerprint density at radius 3 is 3.00 bits per heavy atom. The van der Waals surface area contributed by atoms with Crippen LogP contribution in [0.2, 0.25) is 0 Å². The van der Waals surface area contributed by atoms with Crippen molar-refractivity contribution in [1.82, 2.24) is 24.2 Å². The molecule has 1 N–H and O–H groups in total. The molecular formula is C11H10N6OS. The van der Waals surface area contributed by atoms with E-state index in [2.05, 4.69) is 25.0 Å². The summed E-state index contributed by atoms with van der Waals surface area (Å²) in [6.45, 7) is 3.63. The summed E-state index contributed by atoms with van der Waals surface area (Å²) >= 11 is 1.07. The Bertz CT molecular complexity index is 761. The Morgan fingerprint density at radius 1 is 1.42 bits per heavy atom.